The van der Waals surface area contributed by atoms with Crippen LogP contribution < -0.4 is 33.3 Å². The van der Waals surface area contributed by atoms with Gasteiger partial charge in [0.25, 0.3) is 5.56 Å². The number of carboxylic acids is 1. The van der Waals surface area contributed by atoms with Gasteiger partial charge in [0.1, 0.15) is 40.1 Å². The van der Waals surface area contributed by atoms with E-state index in [0.29, 0.717) is 27.9 Å². The summed E-state index contributed by atoms with van der Waals surface area (Å²) in [5, 5.41) is 28.7. The zero-order chi connectivity index (χ0) is 48.7. The molecule has 0 aliphatic rings. The number of amides is 3. The van der Waals surface area contributed by atoms with Crippen LogP contribution in [0.1, 0.15) is 107 Å². The number of aliphatic carboxylic acids is 1. The minimum atomic E-state index is -1.09. The van der Waals surface area contributed by atoms with Crippen LogP contribution in [0.3, 0.4) is 0 Å². The fourth-order valence-electron chi connectivity index (χ4n) is 4.91. The molecule has 5 aromatic rings. The van der Waals surface area contributed by atoms with Crippen molar-refractivity contribution < 1.29 is 42.9 Å². The molecule has 23 heteroatoms. The van der Waals surface area contributed by atoms with E-state index in [1.165, 1.54) is 17.7 Å². The lowest BCUT2D eigenvalue weighted by molar-refractivity contribution is -0.139. The monoisotopic (exact) mass is 1020 g/mol. The van der Waals surface area contributed by atoms with Gasteiger partial charge in [0.2, 0.25) is 5.89 Å². The van der Waals surface area contributed by atoms with E-state index in [9.17, 15) is 28.8 Å². The van der Waals surface area contributed by atoms with Crippen molar-refractivity contribution in [1.82, 2.24) is 46.6 Å². The standard InChI is InChI=1S/C20H21IN4O3.C14H17N3O4.C8H15NO4.N2.H3N/c1-12(23-19(27)28-20(2,3)4)17-24-16-15(6-5-11-22-16)18(26)25(17)14-9-7-13(21)8-10-14;1-8(16-13(19)21-14(2,3)4)11-17-10-9(12(18)20-11)6-5-7-15-10;1-5(6(10)11)9-7(12)13-8(2,3)4;1-2;/h5-12H,1-4H3,(H,23,27);5-8H,1-4H3,(H,16,19);5H,1-4H3,(H,9,12)(H,10,11);;1H3/t12-;8-;5-;;/m111../s1. The molecule has 65 heavy (non-hydrogen) atoms. The molecule has 4 aromatic heterocycles. The number of halogens is 1. The van der Waals surface area contributed by atoms with Gasteiger partial charge >= 0.3 is 29.9 Å². The molecular weight excluding hydrogens is 961 g/mol. The number of benzene rings is 1. The Labute approximate surface area is 388 Å². The Morgan fingerprint density at radius 2 is 1.12 bits per heavy atom. The number of rotatable bonds is 7. The number of aromatic nitrogens is 5. The Bertz CT molecular complexity index is 2550. The van der Waals surface area contributed by atoms with Gasteiger partial charge in [-0.2, -0.15) is 4.98 Å². The summed E-state index contributed by atoms with van der Waals surface area (Å²) < 4.78 is 23.0. The zero-order valence-electron chi connectivity index (χ0n) is 38.3. The first-order chi connectivity index (χ1) is 29.6. The van der Waals surface area contributed by atoms with Crippen molar-refractivity contribution in [2.45, 2.75) is 118 Å². The largest absolute Gasteiger partial charge is 0.480 e. The van der Waals surface area contributed by atoms with Crippen molar-refractivity contribution in [2.75, 3.05) is 0 Å². The first-order valence-corrected chi connectivity index (χ1v) is 20.5. The fraction of sp³-hybridized carbons (Fsp3) is 0.429. The third kappa shape index (κ3) is 18.8. The van der Waals surface area contributed by atoms with Gasteiger partial charge in [0.05, 0.1) is 17.1 Å². The minimum Gasteiger partial charge on any atom is -0.480 e. The summed E-state index contributed by atoms with van der Waals surface area (Å²) in [6, 6.07) is 12.0. The van der Waals surface area contributed by atoms with E-state index in [4.69, 9.17) is 34.5 Å². The van der Waals surface area contributed by atoms with E-state index in [2.05, 4.69) is 58.5 Å². The van der Waals surface area contributed by atoms with Crippen molar-refractivity contribution in [2.24, 2.45) is 0 Å². The predicted molar refractivity (Wildman–Crippen MR) is 246 cm³/mol. The van der Waals surface area contributed by atoms with E-state index in [1.807, 2.05) is 24.3 Å². The highest BCUT2D eigenvalue weighted by Gasteiger charge is 2.24. The summed E-state index contributed by atoms with van der Waals surface area (Å²) in [4.78, 5) is 87.2. The average Bonchev–Trinajstić information content (AvgIpc) is 3.17. The molecular formula is C42H56IN11O11. The van der Waals surface area contributed by atoms with Crippen LogP contribution >= 0.6 is 22.6 Å². The molecule has 5 rings (SSSR count). The number of nitrogens with one attached hydrogen (secondary N) is 3. The maximum absolute atomic E-state index is 13.2. The molecule has 3 atom stereocenters. The van der Waals surface area contributed by atoms with Crippen molar-refractivity contribution in [3.05, 3.63) is 97.0 Å². The number of pyridine rings is 2. The first-order valence-electron chi connectivity index (χ1n) is 19.4. The molecule has 0 aliphatic carbocycles. The van der Waals surface area contributed by atoms with E-state index >= 15 is 0 Å². The number of carbonyl (C=O) groups excluding carboxylic acids is 3. The van der Waals surface area contributed by atoms with Crippen LogP contribution in [-0.2, 0) is 19.0 Å². The summed E-state index contributed by atoms with van der Waals surface area (Å²) in [5.74, 6) is -0.633. The van der Waals surface area contributed by atoms with Crippen LogP contribution in [-0.4, -0.2) is 76.7 Å². The Morgan fingerprint density at radius 3 is 1.58 bits per heavy atom. The topological polar surface area (TPSA) is 339 Å². The van der Waals surface area contributed by atoms with Crippen LogP contribution in [0.25, 0.3) is 27.8 Å². The van der Waals surface area contributed by atoms with Crippen molar-refractivity contribution >= 4 is 68.9 Å². The smallest absolute Gasteiger partial charge is 0.408 e. The third-order valence-electron chi connectivity index (χ3n) is 7.50. The second-order valence-corrected chi connectivity index (χ2v) is 17.9. The molecule has 4 heterocycles. The summed E-state index contributed by atoms with van der Waals surface area (Å²) in [6.07, 6.45) is 1.21. The second kappa shape index (κ2) is 24.3. The lowest BCUT2D eigenvalue weighted by atomic mass is 10.2. The molecule has 352 valence electrons. The van der Waals surface area contributed by atoms with E-state index in [1.54, 1.807) is 107 Å². The highest BCUT2D eigenvalue weighted by Crippen LogP contribution is 2.19. The van der Waals surface area contributed by atoms with Crippen LogP contribution in [0, 0.1) is 14.4 Å². The number of carbonyl (C=O) groups is 4. The number of ether oxygens (including phenoxy) is 3. The van der Waals surface area contributed by atoms with Crippen molar-refractivity contribution in [1.29, 1.82) is 10.8 Å². The summed E-state index contributed by atoms with van der Waals surface area (Å²) in [5.41, 5.74) is -1.35. The first kappa shape index (κ1) is 56.2. The molecule has 0 bridgehead atoms. The van der Waals surface area contributed by atoms with Gasteiger partial charge in [0.15, 0.2) is 11.3 Å². The minimum absolute atomic E-state index is 0. The fourth-order valence-corrected chi connectivity index (χ4v) is 5.27. The number of alkyl carbamates (subject to hydrolysis) is 3. The Balaban J connectivity index is 0.000000506. The molecule has 22 nitrogen and oxygen atoms in total. The molecule has 3 amide bonds. The zero-order valence-corrected chi connectivity index (χ0v) is 40.4. The van der Waals surface area contributed by atoms with E-state index in [-0.39, 0.29) is 23.2 Å². The van der Waals surface area contributed by atoms with Crippen LogP contribution in [0.5, 0.6) is 0 Å². The van der Waals surface area contributed by atoms with Gasteiger partial charge in [-0.1, -0.05) is 0 Å². The van der Waals surface area contributed by atoms with Gasteiger partial charge < -0.3 is 45.8 Å². The lowest BCUT2D eigenvalue weighted by Gasteiger charge is -2.23. The van der Waals surface area contributed by atoms with Crippen molar-refractivity contribution in [3.63, 3.8) is 0 Å². The number of hydrogen-bond donors (Lipinski definition) is 5. The van der Waals surface area contributed by atoms with Gasteiger partial charge in [0, 0.05) is 26.7 Å². The molecule has 0 unspecified atom stereocenters. The second-order valence-electron chi connectivity index (χ2n) is 16.6. The predicted octanol–water partition coefficient (Wildman–Crippen LogP) is 7.32. The van der Waals surface area contributed by atoms with Crippen molar-refractivity contribution in [3.8, 4) is 5.69 Å². The van der Waals surface area contributed by atoms with Gasteiger partial charge in [-0.3, -0.25) is 14.2 Å². The number of carboxylic acid groups (broad SMARTS) is 1. The highest BCUT2D eigenvalue weighted by atomic mass is 127. The molecule has 0 aliphatic heterocycles. The van der Waals surface area contributed by atoms with Gasteiger partial charge in [-0.05, 0) is 154 Å². The molecule has 0 saturated heterocycles. The normalized spacial score (nSPS) is 12.3. The summed E-state index contributed by atoms with van der Waals surface area (Å²) in [7, 11) is 0. The van der Waals surface area contributed by atoms with E-state index < -0.39 is 64.8 Å². The van der Waals surface area contributed by atoms with Crippen LogP contribution in [0.15, 0.2) is 74.9 Å². The maximum atomic E-state index is 13.2. The average molecular weight is 1020 g/mol. The summed E-state index contributed by atoms with van der Waals surface area (Å²) in [6.45, 7) is 20.5. The Kier molecular flexibility index (Phi) is 21.0. The molecule has 0 fully saturated rings. The number of fused-ring (bicyclic) bond motifs is 2. The molecule has 0 saturated carbocycles. The molecule has 0 radical (unpaired) electrons. The lowest BCUT2D eigenvalue weighted by Crippen LogP contribution is -2.41. The van der Waals surface area contributed by atoms with Gasteiger partial charge in [-0.25, -0.2) is 34.1 Å². The maximum Gasteiger partial charge on any atom is 0.408 e. The summed E-state index contributed by atoms with van der Waals surface area (Å²) >= 11 is 2.20. The molecule has 0 spiro atoms. The highest BCUT2D eigenvalue weighted by molar-refractivity contribution is 14.1. The quantitative estimate of drug-likeness (QED) is 0.0605. The van der Waals surface area contributed by atoms with E-state index in [0.717, 1.165) is 3.57 Å². The number of hydrogen-bond acceptors (Lipinski definition) is 17. The van der Waals surface area contributed by atoms with Crippen LogP contribution in [0.2, 0.25) is 0 Å². The SMILES string of the molecule is C[C@@H](NC(=O)OC(C)(C)C)C(=O)O.C[C@@H](NC(=O)OC(C)(C)C)c1nc2ncccc2c(=O)n1-c1ccc(I)cc1.C[C@@H](NC(=O)OC(C)(C)C)c1nc2ncccc2c(=O)o1.N.N#N. The Hall–Kier alpha value is -6.81. The number of nitrogens with zero attached hydrogens (tertiary/aromatic N) is 7. The van der Waals surface area contributed by atoms with Gasteiger partial charge in [-0.15, -0.1) is 0 Å². The molecule has 7 N–H and O–H groups in total. The Morgan fingerprint density at radius 1 is 0.692 bits per heavy atom. The molecule has 1 aromatic carbocycles. The third-order valence-corrected chi connectivity index (χ3v) is 8.22. The van der Waals surface area contributed by atoms with Crippen LogP contribution in [0.4, 0.5) is 14.4 Å².